The van der Waals surface area contributed by atoms with Gasteiger partial charge in [0.2, 0.25) is 17.5 Å². The lowest BCUT2D eigenvalue weighted by molar-refractivity contribution is -0.130. The van der Waals surface area contributed by atoms with Crippen molar-refractivity contribution in [3.8, 4) is 23.1 Å². The van der Waals surface area contributed by atoms with Crippen LogP contribution in [0.15, 0.2) is 26.8 Å². The molecular weight excluding hydrogens is 456 g/mol. The molecule has 4 rings (SSSR count). The van der Waals surface area contributed by atoms with Gasteiger partial charge in [0.25, 0.3) is 5.56 Å². The summed E-state index contributed by atoms with van der Waals surface area (Å²) in [5, 5.41) is 16.7. The zero-order chi connectivity index (χ0) is 25.3. The van der Waals surface area contributed by atoms with Gasteiger partial charge in [0, 0.05) is 24.9 Å². The van der Waals surface area contributed by atoms with Crippen LogP contribution in [0.1, 0.15) is 68.7 Å². The lowest BCUT2D eigenvalue weighted by Gasteiger charge is -2.25. The Morgan fingerprint density at radius 3 is 2.34 bits per heavy atom. The van der Waals surface area contributed by atoms with Crippen LogP contribution in [-0.2, 0) is 4.79 Å². The molecule has 1 aromatic carbocycles. The van der Waals surface area contributed by atoms with Crippen LogP contribution < -0.4 is 25.5 Å². The average Bonchev–Trinajstić information content (AvgIpc) is 3.28. The van der Waals surface area contributed by atoms with Gasteiger partial charge in [-0.15, -0.1) is 0 Å². The second-order valence-electron chi connectivity index (χ2n) is 8.67. The molecule has 2 N–H and O–H groups in total. The molecule has 0 saturated heterocycles. The normalized spacial score (nSPS) is 18.3. The number of benzene rings is 1. The highest BCUT2D eigenvalue weighted by Crippen LogP contribution is 2.46. The summed E-state index contributed by atoms with van der Waals surface area (Å²) in [5.41, 5.74) is -0.714. The molecule has 1 amide bonds. The molecule has 11 nitrogen and oxygen atoms in total. The smallest absolute Gasteiger partial charge is 0.331 e. The van der Waals surface area contributed by atoms with Gasteiger partial charge in [0.1, 0.15) is 5.56 Å². The second-order valence-corrected chi connectivity index (χ2v) is 8.67. The highest BCUT2D eigenvalue weighted by molar-refractivity contribution is 6.04. The Kier molecular flexibility index (Phi) is 6.86. The Labute approximate surface area is 201 Å². The first-order valence-electron chi connectivity index (χ1n) is 11.6. The van der Waals surface area contributed by atoms with E-state index < -0.39 is 23.2 Å². The van der Waals surface area contributed by atoms with Crippen molar-refractivity contribution in [3.63, 3.8) is 0 Å². The lowest BCUT2D eigenvalue weighted by atomic mass is 9.94. The summed E-state index contributed by atoms with van der Waals surface area (Å²) in [6, 6.07) is 2.60. The number of methoxy groups -OCH3 is 3. The number of nitrogens with zero attached hydrogens (tertiary/aromatic N) is 3. The molecule has 0 radical (unpaired) electrons. The summed E-state index contributed by atoms with van der Waals surface area (Å²) in [4.78, 5) is 40.3. The topological polar surface area (TPSA) is 135 Å². The third-order valence-electron chi connectivity index (χ3n) is 6.67. The molecule has 1 unspecified atom stereocenters. The molecule has 1 saturated carbocycles. The molecule has 11 heteroatoms. The zero-order valence-electron chi connectivity index (χ0n) is 20.3. The molecule has 2 aliphatic rings. The van der Waals surface area contributed by atoms with Gasteiger partial charge in [-0.2, -0.15) is 5.10 Å². The van der Waals surface area contributed by atoms with Gasteiger partial charge in [0.05, 0.1) is 33.1 Å². The quantitative estimate of drug-likeness (QED) is 0.640. The highest BCUT2D eigenvalue weighted by Gasteiger charge is 2.37. The number of carbonyl (C=O) groups excluding carboxylic acids is 1. The largest absolute Gasteiger partial charge is 0.494 e. The van der Waals surface area contributed by atoms with Crippen molar-refractivity contribution >= 4 is 11.6 Å². The Bertz CT molecular complexity index is 1270. The van der Waals surface area contributed by atoms with Crippen LogP contribution in [0.5, 0.6) is 23.1 Å². The van der Waals surface area contributed by atoms with E-state index in [4.69, 9.17) is 14.2 Å². The van der Waals surface area contributed by atoms with E-state index in [1.165, 1.54) is 37.8 Å². The molecule has 2 heterocycles. The number of ether oxygens (including phenoxy) is 3. The van der Waals surface area contributed by atoms with E-state index in [1.54, 1.807) is 12.1 Å². The summed E-state index contributed by atoms with van der Waals surface area (Å²) in [5.74, 6) is 0.391. The van der Waals surface area contributed by atoms with Crippen LogP contribution >= 0.6 is 0 Å². The summed E-state index contributed by atoms with van der Waals surface area (Å²) >= 11 is 0. The average molecular weight is 487 g/mol. The van der Waals surface area contributed by atoms with Crippen molar-refractivity contribution in [1.82, 2.24) is 14.6 Å². The number of aromatic nitrogens is 2. The highest BCUT2D eigenvalue weighted by atomic mass is 16.5. The van der Waals surface area contributed by atoms with Gasteiger partial charge in [0.15, 0.2) is 11.5 Å². The van der Waals surface area contributed by atoms with Gasteiger partial charge in [-0.1, -0.05) is 19.3 Å². The predicted octanol–water partition coefficient (Wildman–Crippen LogP) is 2.47. The number of hydrogen-bond donors (Lipinski definition) is 2. The first-order valence-corrected chi connectivity index (χ1v) is 11.6. The molecule has 35 heavy (non-hydrogen) atoms. The molecule has 1 aliphatic carbocycles. The predicted molar refractivity (Wildman–Crippen MR) is 128 cm³/mol. The van der Waals surface area contributed by atoms with Crippen molar-refractivity contribution in [2.24, 2.45) is 5.10 Å². The van der Waals surface area contributed by atoms with Crippen LogP contribution in [0.25, 0.3) is 0 Å². The number of hydrazone groups is 1. The van der Waals surface area contributed by atoms with E-state index in [-0.39, 0.29) is 29.6 Å². The van der Waals surface area contributed by atoms with Crippen molar-refractivity contribution < 1.29 is 24.1 Å². The summed E-state index contributed by atoms with van der Waals surface area (Å²) in [6.45, 7) is 1.36. The maximum atomic E-state index is 12.8. The fourth-order valence-electron chi connectivity index (χ4n) is 5.06. The van der Waals surface area contributed by atoms with Gasteiger partial charge < -0.3 is 19.3 Å². The van der Waals surface area contributed by atoms with Crippen molar-refractivity contribution in [3.05, 3.63) is 44.1 Å². The maximum absolute atomic E-state index is 12.8. The molecule has 1 fully saturated rings. The third kappa shape index (κ3) is 4.26. The number of carbonyl (C=O) groups is 1. The van der Waals surface area contributed by atoms with Crippen LogP contribution in [-0.4, -0.2) is 52.6 Å². The van der Waals surface area contributed by atoms with Crippen molar-refractivity contribution in [2.45, 2.75) is 57.5 Å². The summed E-state index contributed by atoms with van der Waals surface area (Å²) in [6.07, 6.45) is 4.52. The van der Waals surface area contributed by atoms with E-state index in [9.17, 15) is 19.5 Å². The van der Waals surface area contributed by atoms with Gasteiger partial charge >= 0.3 is 5.69 Å². The number of hydrogen-bond acceptors (Lipinski definition) is 8. The lowest BCUT2D eigenvalue weighted by Crippen LogP contribution is -2.36. The second kappa shape index (κ2) is 9.85. The standard InChI is InChI=1S/C24H30N4O7/c1-13(29)28-17(15-10-11-18(33-2)21(35-4)20(15)34-3)12-16(26-28)19-22(30)25-24(32)27(23(19)31)14-8-6-5-7-9-14/h10-11,14,17,31H,5-9,12H2,1-4H3,(H,25,30,32). The zero-order valence-corrected chi connectivity index (χ0v) is 20.3. The SMILES string of the molecule is COc1ccc(C2CC(c3c(O)n(C4CCCCC4)c(=O)[nH]c3=O)=NN2C(C)=O)c(OC)c1OC. The monoisotopic (exact) mass is 486 g/mol. The molecular formula is C24H30N4O7. The fraction of sp³-hybridized carbons (Fsp3) is 0.500. The number of amides is 1. The van der Waals surface area contributed by atoms with Crippen LogP contribution in [0.2, 0.25) is 0 Å². The first kappa shape index (κ1) is 24.4. The number of nitrogens with one attached hydrogen (secondary N) is 1. The molecule has 1 aliphatic heterocycles. The maximum Gasteiger partial charge on any atom is 0.331 e. The third-order valence-corrected chi connectivity index (χ3v) is 6.67. The van der Waals surface area contributed by atoms with E-state index in [0.717, 1.165) is 32.1 Å². The summed E-state index contributed by atoms with van der Waals surface area (Å²) < 4.78 is 17.7. The Balaban J connectivity index is 1.81. The van der Waals surface area contributed by atoms with Crippen LogP contribution in [0.3, 0.4) is 0 Å². The van der Waals surface area contributed by atoms with Gasteiger partial charge in [-0.25, -0.2) is 9.80 Å². The molecule has 1 atom stereocenters. The number of H-pyrrole nitrogens is 1. The molecule has 0 bridgehead atoms. The summed E-state index contributed by atoms with van der Waals surface area (Å²) in [7, 11) is 4.47. The number of aromatic hydroxyl groups is 1. The Morgan fingerprint density at radius 2 is 1.74 bits per heavy atom. The van der Waals surface area contributed by atoms with Crippen LogP contribution in [0.4, 0.5) is 0 Å². The van der Waals surface area contributed by atoms with Gasteiger partial charge in [-0.3, -0.25) is 19.1 Å². The van der Waals surface area contributed by atoms with Gasteiger partial charge in [-0.05, 0) is 25.0 Å². The van der Waals surface area contributed by atoms with E-state index in [2.05, 4.69) is 10.1 Å². The Hall–Kier alpha value is -3.76. The minimum Gasteiger partial charge on any atom is -0.494 e. The minimum absolute atomic E-state index is 0.108. The molecule has 2 aromatic rings. The fourth-order valence-corrected chi connectivity index (χ4v) is 5.06. The number of rotatable bonds is 6. The first-order chi connectivity index (χ1) is 16.8. The minimum atomic E-state index is -0.748. The van der Waals surface area contributed by atoms with E-state index in [1.807, 2.05) is 0 Å². The molecule has 188 valence electrons. The molecule has 0 spiro atoms. The van der Waals surface area contributed by atoms with Crippen molar-refractivity contribution in [1.29, 1.82) is 0 Å². The van der Waals surface area contributed by atoms with Crippen molar-refractivity contribution in [2.75, 3.05) is 21.3 Å². The molecule has 1 aromatic heterocycles. The Morgan fingerprint density at radius 1 is 1.06 bits per heavy atom. The van der Waals surface area contributed by atoms with E-state index in [0.29, 0.717) is 22.8 Å². The van der Waals surface area contributed by atoms with Crippen LogP contribution in [0, 0.1) is 0 Å². The number of aromatic amines is 1. The van der Waals surface area contributed by atoms with E-state index >= 15 is 0 Å².